The predicted molar refractivity (Wildman–Crippen MR) is 80.8 cm³/mol. The standard InChI is InChI=1S/C16H12N3S/c1-18-13-5-3-2-4-12(13)14-16(18)20-15-11-6-7-17-8-10(11)9-19(14)15/h2-8H,9H2,1H3/q+1. The van der Waals surface area contributed by atoms with Crippen molar-refractivity contribution < 1.29 is 4.57 Å². The number of hydrogen-bond donors (Lipinski definition) is 0. The Bertz CT molecular complexity index is 994. The first-order valence-electron chi connectivity index (χ1n) is 6.67. The van der Waals surface area contributed by atoms with Gasteiger partial charge in [0, 0.05) is 25.0 Å². The van der Waals surface area contributed by atoms with Gasteiger partial charge in [-0.25, -0.2) is 0 Å². The van der Waals surface area contributed by atoms with Crippen molar-refractivity contribution in [2.75, 3.05) is 0 Å². The fourth-order valence-corrected chi connectivity index (χ4v) is 4.57. The number of aryl methyl sites for hydroxylation is 1. The Morgan fingerprint density at radius 1 is 1.25 bits per heavy atom. The van der Waals surface area contributed by atoms with Crippen LogP contribution >= 0.6 is 11.3 Å². The minimum absolute atomic E-state index is 0.937. The summed E-state index contributed by atoms with van der Waals surface area (Å²) in [5, 5.41) is 2.70. The lowest BCUT2D eigenvalue weighted by Crippen LogP contribution is -2.30. The number of para-hydroxylation sites is 1. The minimum atomic E-state index is 0.937. The normalized spacial score (nSPS) is 13.1. The number of rotatable bonds is 0. The van der Waals surface area contributed by atoms with E-state index in [9.17, 15) is 0 Å². The second-order valence-corrected chi connectivity index (χ2v) is 6.23. The molecular weight excluding hydrogens is 266 g/mol. The van der Waals surface area contributed by atoms with Crippen molar-refractivity contribution in [1.29, 1.82) is 0 Å². The molecule has 0 bridgehead atoms. The zero-order chi connectivity index (χ0) is 13.3. The van der Waals surface area contributed by atoms with Crippen LogP contribution < -0.4 is 4.57 Å². The second kappa shape index (κ2) is 3.46. The second-order valence-electron chi connectivity index (χ2n) is 5.26. The van der Waals surface area contributed by atoms with Crippen LogP contribution in [0.2, 0.25) is 0 Å². The maximum Gasteiger partial charge on any atom is 0.272 e. The van der Waals surface area contributed by atoms with Gasteiger partial charge in [-0.2, -0.15) is 4.57 Å². The van der Waals surface area contributed by atoms with E-state index in [1.807, 2.05) is 23.7 Å². The van der Waals surface area contributed by atoms with E-state index in [-0.39, 0.29) is 0 Å². The van der Waals surface area contributed by atoms with E-state index < -0.39 is 0 Å². The molecule has 4 aromatic rings. The third-order valence-electron chi connectivity index (χ3n) is 4.20. The molecule has 0 saturated heterocycles. The van der Waals surface area contributed by atoms with Crippen LogP contribution in [0.3, 0.4) is 0 Å². The number of nitrogens with zero attached hydrogens (tertiary/aromatic N) is 3. The van der Waals surface area contributed by atoms with Crippen molar-refractivity contribution in [2.45, 2.75) is 6.54 Å². The van der Waals surface area contributed by atoms with Crippen molar-refractivity contribution in [1.82, 2.24) is 9.55 Å². The van der Waals surface area contributed by atoms with Crippen molar-refractivity contribution in [2.24, 2.45) is 7.05 Å². The number of thiazole rings is 1. The van der Waals surface area contributed by atoms with Gasteiger partial charge in [0.2, 0.25) is 0 Å². The fourth-order valence-electron chi connectivity index (χ4n) is 3.26. The van der Waals surface area contributed by atoms with Crippen LogP contribution in [-0.2, 0) is 13.6 Å². The Hall–Kier alpha value is -2.20. The van der Waals surface area contributed by atoms with Crippen molar-refractivity contribution >= 4 is 32.6 Å². The molecule has 4 heteroatoms. The van der Waals surface area contributed by atoms with Gasteiger partial charge in [0.1, 0.15) is 0 Å². The zero-order valence-electron chi connectivity index (χ0n) is 11.0. The summed E-state index contributed by atoms with van der Waals surface area (Å²) in [6.07, 6.45) is 3.88. The average molecular weight is 278 g/mol. The maximum atomic E-state index is 4.25. The molecular formula is C16H12N3S+. The minimum Gasteiger partial charge on any atom is -0.330 e. The van der Waals surface area contributed by atoms with Crippen molar-refractivity contribution in [3.63, 3.8) is 0 Å². The summed E-state index contributed by atoms with van der Waals surface area (Å²) in [6.45, 7) is 0.937. The monoisotopic (exact) mass is 278 g/mol. The third-order valence-corrected chi connectivity index (χ3v) is 5.49. The number of aromatic nitrogens is 3. The Balaban J connectivity index is 1.97. The molecule has 4 heterocycles. The van der Waals surface area contributed by atoms with Crippen LogP contribution in [0, 0.1) is 0 Å². The number of fused-ring (bicyclic) bond motifs is 7. The van der Waals surface area contributed by atoms with E-state index in [2.05, 4.69) is 51.5 Å². The Morgan fingerprint density at radius 3 is 3.10 bits per heavy atom. The van der Waals surface area contributed by atoms with Gasteiger partial charge in [-0.15, -0.1) is 0 Å². The number of pyridine rings is 1. The summed E-state index contributed by atoms with van der Waals surface area (Å²) in [5.41, 5.74) is 5.33. The SMILES string of the molecule is Cn1c2ccccc2c2c1sc1[n+]2Cc2cnccc2-1. The van der Waals surface area contributed by atoms with Crippen molar-refractivity contribution in [3.8, 4) is 10.6 Å². The molecule has 96 valence electrons. The highest BCUT2D eigenvalue weighted by molar-refractivity contribution is 7.21. The van der Waals surface area contributed by atoms with Crippen molar-refractivity contribution in [3.05, 3.63) is 48.3 Å². The molecule has 0 amide bonds. The molecule has 0 aliphatic carbocycles. The van der Waals surface area contributed by atoms with Gasteiger partial charge < -0.3 is 4.57 Å². The van der Waals surface area contributed by atoms with E-state index in [1.165, 1.54) is 37.4 Å². The molecule has 3 nitrogen and oxygen atoms in total. The molecule has 0 radical (unpaired) electrons. The molecule has 0 atom stereocenters. The van der Waals surface area contributed by atoms with Crippen LogP contribution in [0.4, 0.5) is 0 Å². The summed E-state index contributed by atoms with van der Waals surface area (Å²) in [5.74, 6) is 0. The average Bonchev–Trinajstić information content (AvgIpc) is 3.09. The number of hydrogen-bond acceptors (Lipinski definition) is 2. The molecule has 5 rings (SSSR count). The molecule has 0 unspecified atom stereocenters. The fraction of sp³-hybridized carbons (Fsp3) is 0.125. The first-order chi connectivity index (χ1) is 9.84. The van der Waals surface area contributed by atoms with Gasteiger partial charge in [-0.05, 0) is 29.5 Å². The Kier molecular flexibility index (Phi) is 1.83. The molecule has 1 aliphatic rings. The Labute approximate surface area is 119 Å². The largest absolute Gasteiger partial charge is 0.330 e. The molecule has 3 aromatic heterocycles. The van der Waals surface area contributed by atoms with E-state index in [0.29, 0.717) is 0 Å². The summed E-state index contributed by atoms with van der Waals surface area (Å²) < 4.78 is 4.75. The van der Waals surface area contributed by atoms with Crippen LogP contribution in [0.25, 0.3) is 31.8 Å². The van der Waals surface area contributed by atoms with Gasteiger partial charge in [-0.1, -0.05) is 12.1 Å². The molecule has 20 heavy (non-hydrogen) atoms. The lowest BCUT2D eigenvalue weighted by atomic mass is 10.2. The quantitative estimate of drug-likeness (QED) is 0.399. The van der Waals surface area contributed by atoms with E-state index in [1.54, 1.807) is 0 Å². The smallest absolute Gasteiger partial charge is 0.272 e. The molecule has 1 aliphatic heterocycles. The highest BCUT2D eigenvalue weighted by Gasteiger charge is 2.34. The number of benzene rings is 1. The molecule has 0 N–H and O–H groups in total. The van der Waals surface area contributed by atoms with Crippen LogP contribution in [-0.4, -0.2) is 9.55 Å². The lowest BCUT2D eigenvalue weighted by Gasteiger charge is -1.94. The first kappa shape index (κ1) is 10.6. The molecule has 0 saturated carbocycles. The van der Waals surface area contributed by atoms with Gasteiger partial charge in [0.15, 0.2) is 11.4 Å². The van der Waals surface area contributed by atoms with Gasteiger partial charge in [-0.3, -0.25) is 4.98 Å². The van der Waals surface area contributed by atoms with E-state index in [4.69, 9.17) is 0 Å². The predicted octanol–water partition coefficient (Wildman–Crippen LogP) is 3.10. The molecule has 0 fully saturated rings. The first-order valence-corrected chi connectivity index (χ1v) is 7.49. The van der Waals surface area contributed by atoms with Gasteiger partial charge >= 0.3 is 0 Å². The Morgan fingerprint density at radius 2 is 2.15 bits per heavy atom. The van der Waals surface area contributed by atoms with Crippen LogP contribution in [0.15, 0.2) is 42.7 Å². The lowest BCUT2D eigenvalue weighted by molar-refractivity contribution is -0.641. The summed E-state index contributed by atoms with van der Waals surface area (Å²) in [4.78, 5) is 5.60. The molecule has 1 aromatic carbocycles. The van der Waals surface area contributed by atoms with Gasteiger partial charge in [0.05, 0.1) is 16.5 Å². The highest BCUT2D eigenvalue weighted by atomic mass is 32.1. The molecule has 0 spiro atoms. The van der Waals surface area contributed by atoms with E-state index >= 15 is 0 Å². The van der Waals surface area contributed by atoms with E-state index in [0.717, 1.165) is 6.54 Å². The topological polar surface area (TPSA) is 21.7 Å². The zero-order valence-corrected chi connectivity index (χ0v) is 11.8. The highest BCUT2D eigenvalue weighted by Crippen LogP contribution is 2.38. The summed E-state index contributed by atoms with van der Waals surface area (Å²) in [7, 11) is 2.16. The summed E-state index contributed by atoms with van der Waals surface area (Å²) in [6, 6.07) is 10.8. The van der Waals surface area contributed by atoms with Crippen LogP contribution in [0.1, 0.15) is 5.56 Å². The summed E-state index contributed by atoms with van der Waals surface area (Å²) >= 11 is 1.88. The van der Waals surface area contributed by atoms with Crippen LogP contribution in [0.5, 0.6) is 0 Å². The third kappa shape index (κ3) is 1.11. The van der Waals surface area contributed by atoms with Gasteiger partial charge in [0.25, 0.3) is 10.5 Å². The maximum absolute atomic E-state index is 4.25.